The first-order chi connectivity index (χ1) is 4.69. The molecule has 1 saturated heterocycles. The normalized spacial score (nSPS) is 41.7. The third-order valence-corrected chi connectivity index (χ3v) is 3.28. The van der Waals surface area contributed by atoms with Gasteiger partial charge in [0.15, 0.2) is 0 Å². The van der Waals surface area contributed by atoms with Crippen LogP contribution in [-0.4, -0.2) is 13.1 Å². The highest BCUT2D eigenvalue weighted by atomic mass is 14.9. The summed E-state index contributed by atoms with van der Waals surface area (Å²) in [6.07, 6.45) is 2.66. The van der Waals surface area contributed by atoms with Crippen molar-refractivity contribution in [3.63, 3.8) is 0 Å². The molecule has 0 aliphatic carbocycles. The molecule has 1 heteroatoms. The van der Waals surface area contributed by atoms with Crippen LogP contribution in [-0.2, 0) is 0 Å². The number of nitrogens with one attached hydrogen (secondary N) is 1. The molecule has 1 nitrogen and oxygen atoms in total. The summed E-state index contributed by atoms with van der Waals surface area (Å²) in [7, 11) is 0. The summed E-state index contributed by atoms with van der Waals surface area (Å²) in [6, 6.07) is 0. The Bertz CT molecular complexity index is 111. The van der Waals surface area contributed by atoms with E-state index in [1.165, 1.54) is 25.9 Å². The van der Waals surface area contributed by atoms with E-state index >= 15 is 0 Å². The van der Waals surface area contributed by atoms with Crippen LogP contribution in [0.4, 0.5) is 0 Å². The Morgan fingerprint density at radius 3 is 2.70 bits per heavy atom. The Labute approximate surface area is 64.2 Å². The van der Waals surface area contributed by atoms with Gasteiger partial charge in [0, 0.05) is 6.54 Å². The zero-order valence-corrected chi connectivity index (χ0v) is 7.41. The van der Waals surface area contributed by atoms with Crippen molar-refractivity contribution in [2.45, 2.75) is 33.6 Å². The van der Waals surface area contributed by atoms with Gasteiger partial charge in [-0.15, -0.1) is 0 Å². The highest BCUT2D eigenvalue weighted by molar-refractivity contribution is 4.85. The van der Waals surface area contributed by atoms with Gasteiger partial charge in [-0.05, 0) is 30.7 Å². The topological polar surface area (TPSA) is 12.0 Å². The predicted molar refractivity (Wildman–Crippen MR) is 45.0 cm³/mol. The molecule has 0 bridgehead atoms. The molecule has 60 valence electrons. The van der Waals surface area contributed by atoms with Crippen LogP contribution < -0.4 is 5.32 Å². The molecule has 0 spiro atoms. The van der Waals surface area contributed by atoms with E-state index < -0.39 is 0 Å². The molecule has 0 saturated carbocycles. The van der Waals surface area contributed by atoms with Crippen LogP contribution in [0, 0.1) is 11.3 Å². The van der Waals surface area contributed by atoms with Gasteiger partial charge in [-0.2, -0.15) is 0 Å². The second kappa shape index (κ2) is 2.91. The maximum absolute atomic E-state index is 3.46. The summed E-state index contributed by atoms with van der Waals surface area (Å²) in [5.41, 5.74) is 0.568. The Morgan fingerprint density at radius 2 is 2.30 bits per heavy atom. The smallest absolute Gasteiger partial charge is 0.000762 e. The minimum absolute atomic E-state index is 0.568. The number of hydrogen-bond donors (Lipinski definition) is 1. The Kier molecular flexibility index (Phi) is 2.35. The highest BCUT2D eigenvalue weighted by Gasteiger charge is 2.31. The van der Waals surface area contributed by atoms with Crippen molar-refractivity contribution in [1.29, 1.82) is 0 Å². The van der Waals surface area contributed by atoms with Crippen molar-refractivity contribution >= 4 is 0 Å². The van der Waals surface area contributed by atoms with E-state index in [0.717, 1.165) is 5.92 Å². The Hall–Kier alpha value is -0.0400. The predicted octanol–water partition coefficient (Wildman–Crippen LogP) is 2.03. The second-order valence-electron chi connectivity index (χ2n) is 3.87. The van der Waals surface area contributed by atoms with Crippen LogP contribution in [0.5, 0.6) is 0 Å². The van der Waals surface area contributed by atoms with Crippen molar-refractivity contribution in [2.24, 2.45) is 11.3 Å². The van der Waals surface area contributed by atoms with Gasteiger partial charge in [0.05, 0.1) is 0 Å². The quantitative estimate of drug-likeness (QED) is 0.589. The second-order valence-corrected chi connectivity index (χ2v) is 3.87. The van der Waals surface area contributed by atoms with Crippen LogP contribution >= 0.6 is 0 Å². The summed E-state index contributed by atoms with van der Waals surface area (Å²) in [5.74, 6) is 0.902. The molecule has 1 aliphatic rings. The maximum Gasteiger partial charge on any atom is 0.000762 e. The fourth-order valence-corrected chi connectivity index (χ4v) is 1.69. The van der Waals surface area contributed by atoms with E-state index in [1.54, 1.807) is 0 Å². The molecule has 2 atom stereocenters. The molecule has 2 unspecified atom stereocenters. The zero-order valence-electron chi connectivity index (χ0n) is 7.41. The molecular weight excluding hydrogens is 122 g/mol. The SMILES string of the molecule is CCC1(C)CNCCC1C. The minimum Gasteiger partial charge on any atom is -0.316 e. The van der Waals surface area contributed by atoms with Gasteiger partial charge < -0.3 is 5.32 Å². The molecule has 1 rings (SSSR count). The molecule has 1 aliphatic heterocycles. The van der Waals surface area contributed by atoms with Crippen LogP contribution in [0.2, 0.25) is 0 Å². The van der Waals surface area contributed by atoms with Crippen LogP contribution in [0.25, 0.3) is 0 Å². The summed E-state index contributed by atoms with van der Waals surface area (Å²) in [4.78, 5) is 0. The molecular formula is C9H19N. The fourth-order valence-electron chi connectivity index (χ4n) is 1.69. The molecule has 0 radical (unpaired) electrons. The fraction of sp³-hybridized carbons (Fsp3) is 1.00. The largest absolute Gasteiger partial charge is 0.316 e. The number of hydrogen-bond acceptors (Lipinski definition) is 1. The van der Waals surface area contributed by atoms with Gasteiger partial charge in [0.25, 0.3) is 0 Å². The van der Waals surface area contributed by atoms with Crippen molar-refractivity contribution in [1.82, 2.24) is 5.32 Å². The molecule has 0 aromatic carbocycles. The molecule has 1 heterocycles. The number of rotatable bonds is 1. The Morgan fingerprint density at radius 1 is 1.60 bits per heavy atom. The first-order valence-electron chi connectivity index (χ1n) is 4.40. The standard InChI is InChI=1S/C9H19N/c1-4-9(3)7-10-6-5-8(9)2/h8,10H,4-7H2,1-3H3. The van der Waals surface area contributed by atoms with Gasteiger partial charge in [-0.25, -0.2) is 0 Å². The van der Waals surface area contributed by atoms with E-state index in [1.807, 2.05) is 0 Å². The maximum atomic E-state index is 3.46. The summed E-state index contributed by atoms with van der Waals surface area (Å²) < 4.78 is 0. The molecule has 0 aromatic heterocycles. The van der Waals surface area contributed by atoms with Crippen molar-refractivity contribution in [2.75, 3.05) is 13.1 Å². The third kappa shape index (κ3) is 1.34. The lowest BCUT2D eigenvalue weighted by Gasteiger charge is -2.39. The van der Waals surface area contributed by atoms with Crippen molar-refractivity contribution < 1.29 is 0 Å². The van der Waals surface area contributed by atoms with Crippen molar-refractivity contribution in [3.05, 3.63) is 0 Å². The average Bonchev–Trinajstić information content (AvgIpc) is 1.96. The third-order valence-electron chi connectivity index (χ3n) is 3.28. The molecule has 1 N–H and O–H groups in total. The van der Waals surface area contributed by atoms with Crippen LogP contribution in [0.1, 0.15) is 33.6 Å². The van der Waals surface area contributed by atoms with E-state index in [0.29, 0.717) is 5.41 Å². The minimum atomic E-state index is 0.568. The summed E-state index contributed by atoms with van der Waals surface area (Å²) in [5, 5.41) is 3.46. The molecule has 10 heavy (non-hydrogen) atoms. The van der Waals surface area contributed by atoms with E-state index in [-0.39, 0.29) is 0 Å². The zero-order chi connectivity index (χ0) is 7.61. The van der Waals surface area contributed by atoms with Gasteiger partial charge in [0.1, 0.15) is 0 Å². The van der Waals surface area contributed by atoms with Gasteiger partial charge in [-0.3, -0.25) is 0 Å². The molecule has 0 aromatic rings. The van der Waals surface area contributed by atoms with Gasteiger partial charge in [-0.1, -0.05) is 20.8 Å². The summed E-state index contributed by atoms with van der Waals surface area (Å²) in [6.45, 7) is 9.50. The first kappa shape index (κ1) is 8.06. The molecule has 1 fully saturated rings. The van der Waals surface area contributed by atoms with Crippen molar-refractivity contribution in [3.8, 4) is 0 Å². The lowest BCUT2D eigenvalue weighted by atomic mass is 9.72. The molecule has 0 amide bonds. The monoisotopic (exact) mass is 141 g/mol. The van der Waals surface area contributed by atoms with E-state index in [9.17, 15) is 0 Å². The Balaban J connectivity index is 2.54. The number of piperidine rings is 1. The lowest BCUT2D eigenvalue weighted by Crippen LogP contribution is -2.43. The first-order valence-corrected chi connectivity index (χ1v) is 4.40. The van der Waals surface area contributed by atoms with Gasteiger partial charge in [0.2, 0.25) is 0 Å². The average molecular weight is 141 g/mol. The van der Waals surface area contributed by atoms with Crippen LogP contribution in [0.3, 0.4) is 0 Å². The highest BCUT2D eigenvalue weighted by Crippen LogP contribution is 2.34. The lowest BCUT2D eigenvalue weighted by molar-refractivity contribution is 0.142. The van der Waals surface area contributed by atoms with E-state index in [4.69, 9.17) is 0 Å². The van der Waals surface area contributed by atoms with Crippen LogP contribution in [0.15, 0.2) is 0 Å². The van der Waals surface area contributed by atoms with Gasteiger partial charge >= 0.3 is 0 Å². The van der Waals surface area contributed by atoms with E-state index in [2.05, 4.69) is 26.1 Å². The summed E-state index contributed by atoms with van der Waals surface area (Å²) >= 11 is 0.